The predicted molar refractivity (Wildman–Crippen MR) is 120 cm³/mol. The molecule has 3 heterocycles. The highest BCUT2D eigenvalue weighted by Gasteiger charge is 2.23. The van der Waals surface area contributed by atoms with Gasteiger partial charge in [-0.05, 0) is 62.7 Å². The molecule has 0 radical (unpaired) electrons. The second-order valence-electron chi connectivity index (χ2n) is 7.70. The summed E-state index contributed by atoms with van der Waals surface area (Å²) in [6.45, 7) is 5.32. The molecule has 4 rings (SSSR count). The molecular weight excluding hydrogens is 392 g/mol. The zero-order valence-corrected chi connectivity index (χ0v) is 18.0. The summed E-state index contributed by atoms with van der Waals surface area (Å²) in [6, 6.07) is 13.3. The van der Waals surface area contributed by atoms with Crippen LogP contribution in [-0.4, -0.2) is 46.7 Å². The van der Waals surface area contributed by atoms with Crippen molar-refractivity contribution in [1.82, 2.24) is 19.9 Å². The molecule has 7 heteroatoms. The molecule has 1 saturated heterocycles. The number of nitrogens with one attached hydrogen (secondary N) is 1. The van der Waals surface area contributed by atoms with E-state index < -0.39 is 0 Å². The zero-order valence-electron chi connectivity index (χ0n) is 18.0. The number of pyridine rings is 1. The van der Waals surface area contributed by atoms with Crippen LogP contribution in [0.3, 0.4) is 0 Å². The maximum Gasteiger partial charge on any atom is 0.251 e. The van der Waals surface area contributed by atoms with E-state index in [4.69, 9.17) is 14.5 Å². The van der Waals surface area contributed by atoms with Crippen molar-refractivity contribution in [3.63, 3.8) is 0 Å². The number of methoxy groups -OCH3 is 1. The average Bonchev–Trinajstić information content (AvgIpc) is 2.80. The van der Waals surface area contributed by atoms with Crippen molar-refractivity contribution in [2.45, 2.75) is 32.2 Å². The second kappa shape index (κ2) is 9.75. The molecule has 0 unspecified atom stereocenters. The molecule has 0 bridgehead atoms. The van der Waals surface area contributed by atoms with Crippen LogP contribution in [-0.2, 0) is 6.54 Å². The van der Waals surface area contributed by atoms with Gasteiger partial charge in [0.05, 0.1) is 25.1 Å². The van der Waals surface area contributed by atoms with Crippen molar-refractivity contribution in [2.24, 2.45) is 0 Å². The highest BCUT2D eigenvalue weighted by Crippen LogP contribution is 2.30. The summed E-state index contributed by atoms with van der Waals surface area (Å²) in [7, 11) is 1.66. The lowest BCUT2D eigenvalue weighted by Crippen LogP contribution is -2.33. The first kappa shape index (κ1) is 21.1. The summed E-state index contributed by atoms with van der Waals surface area (Å²) in [5.41, 5.74) is 2.42. The minimum Gasteiger partial charge on any atom is -0.493 e. The van der Waals surface area contributed by atoms with Gasteiger partial charge < -0.3 is 14.5 Å². The highest BCUT2D eigenvalue weighted by molar-refractivity contribution is 5.52. The molecule has 3 aromatic rings. The molecule has 2 aromatic heterocycles. The molecule has 1 aromatic carbocycles. The quantitative estimate of drug-likeness (QED) is 0.629. The molecule has 1 aliphatic heterocycles. The minimum atomic E-state index is -0.130. The fourth-order valence-electron chi connectivity index (χ4n) is 4.03. The third-order valence-electron chi connectivity index (χ3n) is 5.60. The van der Waals surface area contributed by atoms with Crippen LogP contribution < -0.4 is 15.0 Å². The third-order valence-corrected chi connectivity index (χ3v) is 5.60. The van der Waals surface area contributed by atoms with Crippen molar-refractivity contribution in [1.29, 1.82) is 0 Å². The van der Waals surface area contributed by atoms with E-state index in [0.717, 1.165) is 55.5 Å². The number of aromatic amines is 1. The zero-order chi connectivity index (χ0) is 21.6. The fraction of sp³-hybridized carbons (Fsp3) is 0.375. The normalized spacial score (nSPS) is 15.0. The van der Waals surface area contributed by atoms with Gasteiger partial charge in [-0.1, -0.05) is 12.1 Å². The van der Waals surface area contributed by atoms with Crippen LogP contribution in [0.15, 0.2) is 53.5 Å². The van der Waals surface area contributed by atoms with E-state index >= 15 is 0 Å². The number of rotatable bonds is 7. The molecule has 1 fully saturated rings. The largest absolute Gasteiger partial charge is 0.493 e. The average molecular weight is 421 g/mol. The van der Waals surface area contributed by atoms with E-state index in [1.807, 2.05) is 31.2 Å². The van der Waals surface area contributed by atoms with Gasteiger partial charge in [-0.15, -0.1) is 0 Å². The van der Waals surface area contributed by atoms with Gasteiger partial charge in [0.1, 0.15) is 5.82 Å². The lowest BCUT2D eigenvalue weighted by molar-refractivity contribution is 0.201. The van der Waals surface area contributed by atoms with E-state index in [0.29, 0.717) is 12.3 Å². The number of likely N-dealkylation sites (tertiary alicyclic amines) is 1. The maximum atomic E-state index is 12.2. The van der Waals surface area contributed by atoms with Crippen molar-refractivity contribution in [3.8, 4) is 22.9 Å². The summed E-state index contributed by atoms with van der Waals surface area (Å²) in [5.74, 6) is 2.54. The second-order valence-corrected chi connectivity index (χ2v) is 7.70. The van der Waals surface area contributed by atoms with Crippen LogP contribution in [0.25, 0.3) is 11.4 Å². The molecule has 31 heavy (non-hydrogen) atoms. The van der Waals surface area contributed by atoms with Crippen LogP contribution >= 0.6 is 0 Å². The fourth-order valence-corrected chi connectivity index (χ4v) is 4.03. The monoisotopic (exact) mass is 420 g/mol. The van der Waals surface area contributed by atoms with Crippen molar-refractivity contribution < 1.29 is 9.47 Å². The first-order valence-corrected chi connectivity index (χ1v) is 10.7. The molecule has 0 aliphatic carbocycles. The Bertz CT molecular complexity index is 1060. The topological polar surface area (TPSA) is 80.3 Å². The number of nitrogens with zero attached hydrogens (tertiary/aromatic N) is 3. The minimum absolute atomic E-state index is 0.130. The Kier molecular flexibility index (Phi) is 6.62. The molecule has 7 nitrogen and oxygen atoms in total. The van der Waals surface area contributed by atoms with Crippen LogP contribution in [0, 0.1) is 0 Å². The van der Waals surface area contributed by atoms with E-state index in [2.05, 4.69) is 27.0 Å². The van der Waals surface area contributed by atoms with Gasteiger partial charge >= 0.3 is 0 Å². The van der Waals surface area contributed by atoms with Gasteiger partial charge in [0.25, 0.3) is 5.56 Å². The predicted octanol–water partition coefficient (Wildman–Crippen LogP) is 3.62. The van der Waals surface area contributed by atoms with Crippen LogP contribution in [0.2, 0.25) is 0 Å². The van der Waals surface area contributed by atoms with E-state index in [1.165, 1.54) is 11.6 Å². The van der Waals surface area contributed by atoms with Crippen LogP contribution in [0.5, 0.6) is 11.5 Å². The number of hydrogen-bond donors (Lipinski definition) is 1. The summed E-state index contributed by atoms with van der Waals surface area (Å²) in [6.07, 6.45) is 3.61. The molecule has 0 amide bonds. The Labute approximate surface area is 182 Å². The molecule has 0 spiro atoms. The van der Waals surface area contributed by atoms with Crippen molar-refractivity contribution in [2.75, 3.05) is 26.8 Å². The van der Waals surface area contributed by atoms with Crippen molar-refractivity contribution in [3.05, 3.63) is 70.4 Å². The van der Waals surface area contributed by atoms with Crippen LogP contribution in [0.4, 0.5) is 0 Å². The number of benzene rings is 1. The van der Waals surface area contributed by atoms with Gasteiger partial charge in [0, 0.05) is 24.7 Å². The van der Waals surface area contributed by atoms with E-state index in [9.17, 15) is 4.79 Å². The first-order chi connectivity index (χ1) is 15.2. The number of hydrogen-bond acceptors (Lipinski definition) is 6. The smallest absolute Gasteiger partial charge is 0.251 e. The Hall–Kier alpha value is -3.19. The molecule has 1 N–H and O–H groups in total. The molecule has 1 aliphatic rings. The maximum absolute atomic E-state index is 12.2. The lowest BCUT2D eigenvalue weighted by atomic mass is 9.95. The summed E-state index contributed by atoms with van der Waals surface area (Å²) in [4.78, 5) is 26.6. The third kappa shape index (κ3) is 5.11. The highest BCUT2D eigenvalue weighted by atomic mass is 16.5. The van der Waals surface area contributed by atoms with Gasteiger partial charge in [-0.2, -0.15) is 0 Å². The standard InChI is InChI=1S/C24H28N4O3/c1-3-31-22-14-17(7-8-21(22)30-2)16-28-12-9-18(10-13-28)24-26-20(15-23(29)27-24)19-6-4-5-11-25-19/h4-8,11,14-15,18H,3,9-10,12-13,16H2,1-2H3,(H,26,27,29). The molecule has 0 atom stereocenters. The van der Waals surface area contributed by atoms with Gasteiger partial charge in [0.2, 0.25) is 0 Å². The lowest BCUT2D eigenvalue weighted by Gasteiger charge is -2.31. The Morgan fingerprint density at radius 2 is 1.94 bits per heavy atom. The van der Waals surface area contributed by atoms with Gasteiger partial charge in [-0.3, -0.25) is 14.7 Å². The van der Waals surface area contributed by atoms with Gasteiger partial charge in [0.15, 0.2) is 11.5 Å². The molecule has 162 valence electrons. The Morgan fingerprint density at radius 3 is 2.65 bits per heavy atom. The summed E-state index contributed by atoms with van der Waals surface area (Å²) < 4.78 is 11.1. The molecular formula is C24H28N4O3. The van der Waals surface area contributed by atoms with Crippen LogP contribution in [0.1, 0.15) is 37.1 Å². The summed E-state index contributed by atoms with van der Waals surface area (Å²) in [5, 5.41) is 0. The number of H-pyrrole nitrogens is 1. The number of piperidine rings is 1. The van der Waals surface area contributed by atoms with Crippen molar-refractivity contribution >= 4 is 0 Å². The first-order valence-electron chi connectivity index (χ1n) is 10.7. The molecule has 0 saturated carbocycles. The Morgan fingerprint density at radius 1 is 1.10 bits per heavy atom. The summed E-state index contributed by atoms with van der Waals surface area (Å²) >= 11 is 0. The number of aromatic nitrogens is 3. The number of ether oxygens (including phenoxy) is 2. The van der Waals surface area contributed by atoms with E-state index in [-0.39, 0.29) is 11.5 Å². The van der Waals surface area contributed by atoms with Gasteiger partial charge in [-0.25, -0.2) is 4.98 Å². The SMILES string of the molecule is CCOc1cc(CN2CCC(c3nc(-c4ccccn4)cc(=O)[nH]3)CC2)ccc1OC. The Balaban J connectivity index is 1.42. The van der Waals surface area contributed by atoms with E-state index in [1.54, 1.807) is 13.3 Å².